The van der Waals surface area contributed by atoms with Gasteiger partial charge in [-0.1, -0.05) is 54.9 Å². The topological polar surface area (TPSA) is 67.9 Å². The van der Waals surface area contributed by atoms with Crippen LogP contribution >= 0.6 is 11.6 Å². The summed E-state index contributed by atoms with van der Waals surface area (Å²) in [6.07, 6.45) is 9.39. The van der Waals surface area contributed by atoms with Gasteiger partial charge in [0.25, 0.3) is 0 Å². The molecule has 2 aromatic rings. The molecule has 0 heterocycles. The van der Waals surface area contributed by atoms with E-state index in [1.807, 2.05) is 66.4 Å². The number of benzene rings is 2. The summed E-state index contributed by atoms with van der Waals surface area (Å²) in [5, 5.41) is 0.729. The molecule has 0 unspecified atom stereocenters. The molecule has 2 N–H and O–H groups in total. The highest BCUT2D eigenvalue weighted by molar-refractivity contribution is 6.30. The van der Waals surface area contributed by atoms with Crippen LogP contribution in [0.5, 0.6) is 5.75 Å². The highest BCUT2D eigenvalue weighted by atomic mass is 35.5. The number of hydrogen-bond donors (Lipinski definition) is 1. The van der Waals surface area contributed by atoms with Gasteiger partial charge in [0.15, 0.2) is 0 Å². The van der Waals surface area contributed by atoms with Crippen LogP contribution in [0.15, 0.2) is 83.5 Å². The van der Waals surface area contributed by atoms with E-state index in [-0.39, 0.29) is 17.4 Å². The predicted molar refractivity (Wildman–Crippen MR) is 145 cm³/mol. The average Bonchev–Trinajstić information content (AvgIpc) is 2.90. The van der Waals surface area contributed by atoms with Gasteiger partial charge in [0.05, 0.1) is 6.54 Å². The standard InChI is InChI=1S/C29H36ClN3O2/c1-3-23(9-8-18-32-2)28(34)33(19-20-35-27-12-5-4-6-13-27)26-14-16-29(22-31,17-15-26)24-10-7-11-25(30)21-24/h4-13,18,21,26H,2-3,14-17,19-20,22,31H2,1H3. The lowest BCUT2D eigenvalue weighted by Crippen LogP contribution is -2.49. The second-order valence-corrected chi connectivity index (χ2v) is 9.39. The third-order valence-corrected chi connectivity index (χ3v) is 7.17. The summed E-state index contributed by atoms with van der Waals surface area (Å²) in [5.74, 6) is 0.851. The molecule has 0 spiro atoms. The van der Waals surface area contributed by atoms with Crippen LogP contribution in [0.4, 0.5) is 0 Å². The van der Waals surface area contributed by atoms with Gasteiger partial charge >= 0.3 is 0 Å². The minimum absolute atomic E-state index is 0.0471. The summed E-state index contributed by atoms with van der Waals surface area (Å²) in [5.41, 5.74) is 8.13. The Bertz CT molecular complexity index is 1030. The Hall–Kier alpha value is -2.89. The third-order valence-electron chi connectivity index (χ3n) is 6.93. The maximum atomic E-state index is 13.6. The number of halogens is 1. The molecule has 6 heteroatoms. The number of carbonyl (C=O) groups is 1. The molecule has 5 nitrogen and oxygen atoms in total. The van der Waals surface area contributed by atoms with E-state index in [0.717, 1.165) is 42.0 Å². The fourth-order valence-corrected chi connectivity index (χ4v) is 5.06. The number of hydrogen-bond acceptors (Lipinski definition) is 4. The molecule has 0 aliphatic heterocycles. The Morgan fingerprint density at radius 3 is 2.60 bits per heavy atom. The van der Waals surface area contributed by atoms with Gasteiger partial charge in [-0.05, 0) is 74.7 Å². The first-order valence-electron chi connectivity index (χ1n) is 12.3. The largest absolute Gasteiger partial charge is 0.492 e. The number of aliphatic imine (C=N–C) groups is 1. The minimum Gasteiger partial charge on any atom is -0.492 e. The van der Waals surface area contributed by atoms with Crippen LogP contribution in [0.3, 0.4) is 0 Å². The summed E-state index contributed by atoms with van der Waals surface area (Å²) >= 11 is 6.28. The van der Waals surface area contributed by atoms with Gasteiger partial charge in [-0.25, -0.2) is 0 Å². The summed E-state index contributed by atoms with van der Waals surface area (Å²) in [4.78, 5) is 19.4. The van der Waals surface area contributed by atoms with E-state index in [2.05, 4.69) is 17.8 Å². The number of nitrogens with two attached hydrogens (primary N) is 1. The number of nitrogens with zero attached hydrogens (tertiary/aromatic N) is 2. The Kier molecular flexibility index (Phi) is 10.1. The molecule has 186 valence electrons. The molecule has 1 saturated carbocycles. The molecule has 1 fully saturated rings. The fraction of sp³-hybridized carbons (Fsp3) is 0.379. The van der Waals surface area contributed by atoms with Gasteiger partial charge in [0, 0.05) is 34.8 Å². The first-order chi connectivity index (χ1) is 17.0. The molecule has 3 rings (SSSR count). The highest BCUT2D eigenvalue weighted by Crippen LogP contribution is 2.41. The van der Waals surface area contributed by atoms with Crippen molar-refractivity contribution in [3.05, 3.63) is 89.1 Å². The number of ether oxygens (including phenoxy) is 1. The molecular formula is C29H36ClN3O2. The molecule has 1 amide bonds. The zero-order valence-electron chi connectivity index (χ0n) is 20.5. The molecule has 0 saturated heterocycles. The molecule has 35 heavy (non-hydrogen) atoms. The fourth-order valence-electron chi connectivity index (χ4n) is 4.87. The Labute approximate surface area is 214 Å². The van der Waals surface area contributed by atoms with Crippen molar-refractivity contribution in [1.29, 1.82) is 0 Å². The van der Waals surface area contributed by atoms with Crippen LogP contribution in [-0.2, 0) is 10.2 Å². The van der Waals surface area contributed by atoms with Crippen molar-refractivity contribution in [3.63, 3.8) is 0 Å². The quantitative estimate of drug-likeness (QED) is 0.239. The highest BCUT2D eigenvalue weighted by Gasteiger charge is 2.38. The van der Waals surface area contributed by atoms with E-state index in [0.29, 0.717) is 26.1 Å². The van der Waals surface area contributed by atoms with Crippen molar-refractivity contribution in [2.24, 2.45) is 10.7 Å². The van der Waals surface area contributed by atoms with Crippen molar-refractivity contribution in [2.45, 2.75) is 50.5 Å². The smallest absolute Gasteiger partial charge is 0.250 e. The molecule has 0 bridgehead atoms. The summed E-state index contributed by atoms with van der Waals surface area (Å²) < 4.78 is 5.95. The lowest BCUT2D eigenvalue weighted by atomic mass is 9.68. The van der Waals surface area contributed by atoms with Crippen LogP contribution in [0.1, 0.15) is 44.6 Å². The minimum atomic E-state index is -0.113. The molecule has 0 atom stereocenters. The molecule has 0 aromatic heterocycles. The van der Waals surface area contributed by atoms with Gasteiger partial charge in [-0.3, -0.25) is 9.79 Å². The van der Waals surface area contributed by atoms with Gasteiger partial charge in [0.1, 0.15) is 12.4 Å². The zero-order chi connectivity index (χ0) is 25.1. The van der Waals surface area contributed by atoms with Crippen molar-refractivity contribution in [2.75, 3.05) is 19.7 Å². The Morgan fingerprint density at radius 1 is 1.23 bits per heavy atom. The van der Waals surface area contributed by atoms with Crippen LogP contribution in [0.2, 0.25) is 5.02 Å². The lowest BCUT2D eigenvalue weighted by molar-refractivity contribution is -0.131. The monoisotopic (exact) mass is 493 g/mol. The normalized spacial score (nSPS) is 20.5. The number of amides is 1. The van der Waals surface area contributed by atoms with Gasteiger partial charge < -0.3 is 15.4 Å². The van der Waals surface area contributed by atoms with Gasteiger partial charge in [-0.15, -0.1) is 0 Å². The second-order valence-electron chi connectivity index (χ2n) is 8.96. The number of rotatable bonds is 11. The maximum absolute atomic E-state index is 13.6. The van der Waals surface area contributed by atoms with Crippen molar-refractivity contribution in [1.82, 2.24) is 4.90 Å². The van der Waals surface area contributed by atoms with E-state index in [4.69, 9.17) is 22.1 Å². The molecule has 1 aliphatic rings. The molecule has 2 aromatic carbocycles. The van der Waals surface area contributed by atoms with E-state index < -0.39 is 0 Å². The number of allylic oxidation sites excluding steroid dienone is 2. The van der Waals surface area contributed by atoms with E-state index >= 15 is 0 Å². The summed E-state index contributed by atoms with van der Waals surface area (Å²) in [6, 6.07) is 17.9. The van der Waals surface area contributed by atoms with Crippen molar-refractivity contribution >= 4 is 24.2 Å². The Morgan fingerprint density at radius 2 is 1.97 bits per heavy atom. The molecule has 0 radical (unpaired) electrons. The Balaban J connectivity index is 1.77. The number of para-hydroxylation sites is 1. The molecular weight excluding hydrogens is 458 g/mol. The number of carbonyl (C=O) groups excluding carboxylic acids is 1. The van der Waals surface area contributed by atoms with Gasteiger partial charge in [-0.2, -0.15) is 0 Å². The van der Waals surface area contributed by atoms with Crippen LogP contribution < -0.4 is 10.5 Å². The van der Waals surface area contributed by atoms with E-state index in [1.165, 1.54) is 5.56 Å². The van der Waals surface area contributed by atoms with Gasteiger partial charge in [0.2, 0.25) is 5.91 Å². The maximum Gasteiger partial charge on any atom is 0.250 e. The van der Waals surface area contributed by atoms with E-state index in [9.17, 15) is 4.79 Å². The SMILES string of the molecule is C=NC=CC=C(CC)C(=O)N(CCOc1ccccc1)C1CCC(CN)(c2cccc(Cl)c2)CC1. The van der Waals surface area contributed by atoms with Crippen LogP contribution in [-0.4, -0.2) is 43.3 Å². The summed E-state index contributed by atoms with van der Waals surface area (Å²) in [6.45, 7) is 6.97. The van der Waals surface area contributed by atoms with Crippen LogP contribution in [0, 0.1) is 0 Å². The summed E-state index contributed by atoms with van der Waals surface area (Å²) in [7, 11) is 0. The van der Waals surface area contributed by atoms with Crippen LogP contribution in [0.25, 0.3) is 0 Å². The molecule has 1 aliphatic carbocycles. The van der Waals surface area contributed by atoms with Crippen molar-refractivity contribution in [3.8, 4) is 5.75 Å². The zero-order valence-corrected chi connectivity index (χ0v) is 21.3. The predicted octanol–water partition coefficient (Wildman–Crippen LogP) is 5.94. The third kappa shape index (κ3) is 7.06. The first kappa shape index (κ1) is 26.7. The average molecular weight is 494 g/mol. The second kappa shape index (κ2) is 13.3. The lowest BCUT2D eigenvalue weighted by Gasteiger charge is -2.43. The van der Waals surface area contributed by atoms with Crippen molar-refractivity contribution < 1.29 is 9.53 Å². The van der Waals surface area contributed by atoms with E-state index in [1.54, 1.807) is 12.3 Å². The first-order valence-corrected chi connectivity index (χ1v) is 12.7.